The minimum absolute atomic E-state index is 0.0299. The fourth-order valence-electron chi connectivity index (χ4n) is 1.44. The highest BCUT2D eigenvalue weighted by atomic mass is 32.1. The summed E-state index contributed by atoms with van der Waals surface area (Å²) in [4.78, 5) is 15.1. The molecule has 0 amide bonds. The van der Waals surface area contributed by atoms with Crippen LogP contribution >= 0.6 is 11.3 Å². The summed E-state index contributed by atoms with van der Waals surface area (Å²) in [5, 5.41) is 3.83. The number of alkyl halides is 3. The van der Waals surface area contributed by atoms with Gasteiger partial charge < -0.3 is 10.1 Å². The molecule has 0 aliphatic heterocycles. The van der Waals surface area contributed by atoms with E-state index in [2.05, 4.69) is 10.3 Å². The van der Waals surface area contributed by atoms with E-state index < -0.39 is 17.7 Å². The van der Waals surface area contributed by atoms with Gasteiger partial charge in [0.1, 0.15) is 5.54 Å². The minimum atomic E-state index is -4.30. The Morgan fingerprint density at radius 3 is 2.78 bits per heavy atom. The number of anilines is 1. The predicted octanol–water partition coefficient (Wildman–Crippen LogP) is 2.83. The Morgan fingerprint density at radius 2 is 2.28 bits per heavy atom. The number of halogens is 3. The van der Waals surface area contributed by atoms with Crippen molar-refractivity contribution in [2.45, 2.75) is 31.5 Å². The maximum atomic E-state index is 12.7. The molecule has 0 radical (unpaired) electrons. The summed E-state index contributed by atoms with van der Waals surface area (Å²) in [5.41, 5.74) is -1.83. The molecule has 2 rings (SSSR count). The number of hydrogen-bond donors (Lipinski definition) is 1. The fraction of sp³-hybridized carbons (Fsp3) is 0.600. The molecule has 1 aliphatic carbocycles. The number of ether oxygens (including phenoxy) is 1. The van der Waals surface area contributed by atoms with Crippen LogP contribution in [0, 0.1) is 0 Å². The number of nitrogens with one attached hydrogen (secondary N) is 1. The first-order chi connectivity index (χ1) is 8.38. The van der Waals surface area contributed by atoms with Crippen LogP contribution in [0.15, 0.2) is 5.38 Å². The van der Waals surface area contributed by atoms with Gasteiger partial charge in [-0.2, -0.15) is 13.2 Å². The van der Waals surface area contributed by atoms with Gasteiger partial charge in [0.05, 0.1) is 6.61 Å². The second-order valence-electron chi connectivity index (χ2n) is 3.96. The van der Waals surface area contributed by atoms with E-state index in [1.807, 2.05) is 0 Å². The average molecular weight is 280 g/mol. The Balaban J connectivity index is 2.06. The molecular weight excluding hydrogens is 269 g/mol. The Bertz CT molecular complexity index is 454. The highest BCUT2D eigenvalue weighted by molar-refractivity contribution is 7.13. The Morgan fingerprint density at radius 1 is 1.61 bits per heavy atom. The molecule has 0 atom stereocenters. The molecule has 0 saturated heterocycles. The number of hydrogen-bond acceptors (Lipinski definition) is 5. The van der Waals surface area contributed by atoms with Crippen molar-refractivity contribution in [1.82, 2.24) is 4.98 Å². The predicted molar refractivity (Wildman–Crippen MR) is 59.7 cm³/mol. The molecule has 100 valence electrons. The van der Waals surface area contributed by atoms with Gasteiger partial charge in [-0.05, 0) is 19.8 Å². The lowest BCUT2D eigenvalue weighted by Gasteiger charge is -2.19. The van der Waals surface area contributed by atoms with Gasteiger partial charge in [-0.15, -0.1) is 11.3 Å². The number of nitrogens with zero attached hydrogens (tertiary/aromatic N) is 1. The zero-order chi connectivity index (χ0) is 13.4. The van der Waals surface area contributed by atoms with E-state index in [-0.39, 0.29) is 30.3 Å². The van der Waals surface area contributed by atoms with E-state index in [0.717, 1.165) is 11.3 Å². The molecule has 18 heavy (non-hydrogen) atoms. The average Bonchev–Trinajstić information content (AvgIpc) is 2.89. The largest absolute Gasteiger partial charge is 0.461 e. The van der Waals surface area contributed by atoms with Gasteiger partial charge in [-0.25, -0.2) is 9.78 Å². The van der Waals surface area contributed by atoms with Crippen molar-refractivity contribution in [3.8, 4) is 0 Å². The topological polar surface area (TPSA) is 51.2 Å². The van der Waals surface area contributed by atoms with E-state index in [9.17, 15) is 18.0 Å². The smallest absolute Gasteiger partial charge is 0.411 e. The molecule has 0 unspecified atom stereocenters. The summed E-state index contributed by atoms with van der Waals surface area (Å²) in [7, 11) is 0. The monoisotopic (exact) mass is 280 g/mol. The molecule has 0 bridgehead atoms. The highest BCUT2D eigenvalue weighted by Crippen LogP contribution is 2.51. The van der Waals surface area contributed by atoms with Crippen molar-refractivity contribution < 1.29 is 22.7 Å². The number of aromatic nitrogens is 1. The van der Waals surface area contributed by atoms with Crippen LogP contribution in [-0.2, 0) is 4.74 Å². The van der Waals surface area contributed by atoms with E-state index in [4.69, 9.17) is 4.74 Å². The molecule has 0 spiro atoms. The zero-order valence-electron chi connectivity index (χ0n) is 9.50. The Hall–Kier alpha value is -1.31. The molecule has 4 nitrogen and oxygen atoms in total. The van der Waals surface area contributed by atoms with Crippen molar-refractivity contribution in [2.24, 2.45) is 0 Å². The lowest BCUT2D eigenvalue weighted by Crippen LogP contribution is -2.38. The molecule has 1 saturated carbocycles. The van der Waals surface area contributed by atoms with Crippen LogP contribution in [-0.4, -0.2) is 29.3 Å². The van der Waals surface area contributed by atoms with Gasteiger partial charge in [0, 0.05) is 5.38 Å². The van der Waals surface area contributed by atoms with E-state index in [0.29, 0.717) is 0 Å². The first-order valence-corrected chi connectivity index (χ1v) is 6.23. The number of carbonyl (C=O) groups excluding carboxylic acids is 1. The summed E-state index contributed by atoms with van der Waals surface area (Å²) < 4.78 is 42.8. The third-order valence-electron chi connectivity index (χ3n) is 2.63. The molecule has 1 fully saturated rings. The minimum Gasteiger partial charge on any atom is -0.461 e. The molecule has 1 aromatic rings. The van der Waals surface area contributed by atoms with E-state index in [1.54, 1.807) is 6.92 Å². The van der Waals surface area contributed by atoms with Crippen LogP contribution in [0.25, 0.3) is 0 Å². The van der Waals surface area contributed by atoms with Crippen molar-refractivity contribution in [3.05, 3.63) is 11.1 Å². The van der Waals surface area contributed by atoms with Crippen molar-refractivity contribution in [2.75, 3.05) is 11.9 Å². The van der Waals surface area contributed by atoms with Crippen LogP contribution in [0.4, 0.5) is 18.3 Å². The lowest BCUT2D eigenvalue weighted by molar-refractivity contribution is -0.151. The zero-order valence-corrected chi connectivity index (χ0v) is 10.3. The second-order valence-corrected chi connectivity index (χ2v) is 4.82. The fourth-order valence-corrected chi connectivity index (χ4v) is 2.22. The first-order valence-electron chi connectivity index (χ1n) is 5.35. The number of esters is 1. The lowest BCUT2D eigenvalue weighted by atomic mass is 10.3. The third kappa shape index (κ3) is 2.43. The van der Waals surface area contributed by atoms with Gasteiger partial charge >= 0.3 is 12.1 Å². The van der Waals surface area contributed by atoms with Gasteiger partial charge in [-0.3, -0.25) is 0 Å². The standard InChI is InChI=1S/C10H11F3N2O2S/c1-2-17-7(16)6-5-18-8(14-6)15-9(3-4-9)10(11,12)13/h5H,2-4H2,1H3,(H,14,15). The summed E-state index contributed by atoms with van der Waals surface area (Å²) in [6, 6.07) is 0. The quantitative estimate of drug-likeness (QED) is 0.862. The van der Waals surface area contributed by atoms with Crippen LogP contribution < -0.4 is 5.32 Å². The molecule has 1 aliphatic rings. The molecule has 1 N–H and O–H groups in total. The number of thiazole rings is 1. The van der Waals surface area contributed by atoms with Crippen molar-refractivity contribution in [1.29, 1.82) is 0 Å². The summed E-state index contributed by atoms with van der Waals surface area (Å²) in [6.07, 6.45) is -4.24. The van der Waals surface area contributed by atoms with Gasteiger partial charge in [-0.1, -0.05) is 0 Å². The van der Waals surface area contributed by atoms with Gasteiger partial charge in [0.25, 0.3) is 0 Å². The number of carbonyl (C=O) groups is 1. The molecule has 0 aromatic carbocycles. The maximum absolute atomic E-state index is 12.7. The molecular formula is C10H11F3N2O2S. The summed E-state index contributed by atoms with van der Waals surface area (Å²) in [5.74, 6) is -0.626. The van der Waals surface area contributed by atoms with E-state index >= 15 is 0 Å². The van der Waals surface area contributed by atoms with Crippen LogP contribution in [0.1, 0.15) is 30.3 Å². The molecule has 1 aromatic heterocycles. The SMILES string of the molecule is CCOC(=O)c1csc(NC2(C(F)(F)F)CC2)n1. The van der Waals surface area contributed by atoms with Crippen LogP contribution in [0.5, 0.6) is 0 Å². The Kier molecular flexibility index (Phi) is 3.22. The van der Waals surface area contributed by atoms with Gasteiger partial charge in [0.2, 0.25) is 0 Å². The summed E-state index contributed by atoms with van der Waals surface area (Å²) in [6.45, 7) is 1.85. The summed E-state index contributed by atoms with van der Waals surface area (Å²) >= 11 is 0.964. The number of rotatable bonds is 4. The van der Waals surface area contributed by atoms with E-state index in [1.165, 1.54) is 5.38 Å². The second kappa shape index (κ2) is 4.42. The third-order valence-corrected chi connectivity index (χ3v) is 3.39. The Labute approximate surface area is 105 Å². The maximum Gasteiger partial charge on any atom is 0.411 e. The normalized spacial score (nSPS) is 17.3. The molecule has 8 heteroatoms. The highest BCUT2D eigenvalue weighted by Gasteiger charge is 2.63. The first kappa shape index (κ1) is 13.1. The van der Waals surface area contributed by atoms with Crippen LogP contribution in [0.3, 0.4) is 0 Å². The molecule has 1 heterocycles. The van der Waals surface area contributed by atoms with Crippen molar-refractivity contribution in [3.63, 3.8) is 0 Å². The van der Waals surface area contributed by atoms with Crippen molar-refractivity contribution >= 4 is 22.4 Å². The van der Waals surface area contributed by atoms with Crippen LogP contribution in [0.2, 0.25) is 0 Å². The van der Waals surface area contributed by atoms with Gasteiger partial charge in [0.15, 0.2) is 10.8 Å².